The van der Waals surface area contributed by atoms with Gasteiger partial charge in [0.25, 0.3) is 5.89 Å². The lowest BCUT2D eigenvalue weighted by atomic mass is 10.2. The van der Waals surface area contributed by atoms with E-state index < -0.39 is 0 Å². The quantitative estimate of drug-likeness (QED) is 0.488. The molecule has 8 heteroatoms. The van der Waals surface area contributed by atoms with Crippen molar-refractivity contribution >= 4 is 11.0 Å². The SMILES string of the molecule is COc1ccccc1-c1nc(-c2ccc3c(c2)ncn3CCN2CCOCC2)no1. The van der Waals surface area contributed by atoms with Gasteiger partial charge in [0.1, 0.15) is 5.75 Å². The molecule has 3 heterocycles. The molecule has 0 saturated carbocycles. The average molecular weight is 405 g/mol. The third-order valence-corrected chi connectivity index (χ3v) is 5.40. The van der Waals surface area contributed by atoms with Gasteiger partial charge in [-0.1, -0.05) is 17.3 Å². The Balaban J connectivity index is 1.36. The molecular weight excluding hydrogens is 382 g/mol. The second-order valence-corrected chi connectivity index (χ2v) is 7.22. The van der Waals surface area contributed by atoms with E-state index in [4.69, 9.17) is 14.0 Å². The predicted molar refractivity (Wildman–Crippen MR) is 112 cm³/mol. The van der Waals surface area contributed by atoms with Crippen LogP contribution in [0.15, 0.2) is 53.3 Å². The number of morpholine rings is 1. The van der Waals surface area contributed by atoms with E-state index in [1.165, 1.54) is 0 Å². The fourth-order valence-corrected chi connectivity index (χ4v) is 3.73. The highest BCUT2D eigenvalue weighted by Gasteiger charge is 2.16. The minimum absolute atomic E-state index is 0.429. The maximum absolute atomic E-state index is 5.49. The number of ether oxygens (including phenoxy) is 2. The van der Waals surface area contributed by atoms with Crippen molar-refractivity contribution in [2.75, 3.05) is 40.0 Å². The van der Waals surface area contributed by atoms with Crippen LogP contribution in [0.1, 0.15) is 0 Å². The Morgan fingerprint density at radius 2 is 1.93 bits per heavy atom. The number of imidazole rings is 1. The van der Waals surface area contributed by atoms with Crippen molar-refractivity contribution in [3.63, 3.8) is 0 Å². The van der Waals surface area contributed by atoms with Gasteiger partial charge >= 0.3 is 0 Å². The Bertz CT molecular complexity index is 1150. The molecule has 2 aromatic heterocycles. The van der Waals surface area contributed by atoms with Crippen LogP contribution in [0.2, 0.25) is 0 Å². The summed E-state index contributed by atoms with van der Waals surface area (Å²) in [7, 11) is 1.62. The average Bonchev–Trinajstić information content (AvgIpc) is 3.45. The first-order valence-corrected chi connectivity index (χ1v) is 10.0. The molecule has 1 saturated heterocycles. The largest absolute Gasteiger partial charge is 0.496 e. The Morgan fingerprint density at radius 3 is 2.80 bits per heavy atom. The van der Waals surface area contributed by atoms with Gasteiger partial charge in [-0.2, -0.15) is 4.98 Å². The van der Waals surface area contributed by atoms with Gasteiger partial charge < -0.3 is 18.6 Å². The minimum Gasteiger partial charge on any atom is -0.496 e. The van der Waals surface area contributed by atoms with Crippen molar-refractivity contribution in [3.8, 4) is 28.6 Å². The number of para-hydroxylation sites is 1. The summed E-state index contributed by atoms with van der Waals surface area (Å²) in [5, 5.41) is 4.15. The highest BCUT2D eigenvalue weighted by Crippen LogP contribution is 2.30. The molecule has 4 aromatic rings. The van der Waals surface area contributed by atoms with Crippen LogP contribution in [0.3, 0.4) is 0 Å². The highest BCUT2D eigenvalue weighted by atomic mass is 16.5. The summed E-state index contributed by atoms with van der Waals surface area (Å²) in [5.41, 5.74) is 3.65. The summed E-state index contributed by atoms with van der Waals surface area (Å²) in [5.74, 6) is 1.65. The molecule has 1 fully saturated rings. The molecular formula is C22H23N5O3. The van der Waals surface area contributed by atoms with E-state index >= 15 is 0 Å². The predicted octanol–water partition coefficient (Wildman–Crippen LogP) is 3.09. The lowest BCUT2D eigenvalue weighted by molar-refractivity contribution is 0.0365. The number of hydrogen-bond donors (Lipinski definition) is 0. The lowest BCUT2D eigenvalue weighted by Crippen LogP contribution is -2.38. The third-order valence-electron chi connectivity index (χ3n) is 5.40. The number of rotatable bonds is 6. The van der Waals surface area contributed by atoms with E-state index in [-0.39, 0.29) is 0 Å². The topological polar surface area (TPSA) is 78.4 Å². The third kappa shape index (κ3) is 3.67. The second kappa shape index (κ2) is 8.25. The molecule has 2 aromatic carbocycles. The maximum Gasteiger partial charge on any atom is 0.262 e. The smallest absolute Gasteiger partial charge is 0.262 e. The molecule has 8 nitrogen and oxygen atoms in total. The van der Waals surface area contributed by atoms with Crippen LogP contribution >= 0.6 is 0 Å². The lowest BCUT2D eigenvalue weighted by Gasteiger charge is -2.26. The van der Waals surface area contributed by atoms with Gasteiger partial charge in [0, 0.05) is 31.7 Å². The summed E-state index contributed by atoms with van der Waals surface area (Å²) >= 11 is 0. The molecule has 30 heavy (non-hydrogen) atoms. The van der Waals surface area contributed by atoms with Crippen molar-refractivity contribution in [1.29, 1.82) is 0 Å². The molecule has 0 aliphatic carbocycles. The van der Waals surface area contributed by atoms with Gasteiger partial charge in [0.15, 0.2) is 0 Å². The first-order chi connectivity index (χ1) is 14.8. The second-order valence-electron chi connectivity index (χ2n) is 7.22. The van der Waals surface area contributed by atoms with E-state index in [0.717, 1.165) is 61.6 Å². The summed E-state index contributed by atoms with van der Waals surface area (Å²) in [4.78, 5) is 11.6. The van der Waals surface area contributed by atoms with Crippen molar-refractivity contribution in [2.24, 2.45) is 0 Å². The van der Waals surface area contributed by atoms with Crippen LogP contribution < -0.4 is 4.74 Å². The van der Waals surface area contributed by atoms with E-state index in [2.05, 4.69) is 30.7 Å². The number of nitrogens with zero attached hydrogens (tertiary/aromatic N) is 5. The fraction of sp³-hybridized carbons (Fsp3) is 0.318. The first-order valence-electron chi connectivity index (χ1n) is 10.0. The fourth-order valence-electron chi connectivity index (χ4n) is 3.73. The van der Waals surface area contributed by atoms with Crippen LogP contribution in [0.4, 0.5) is 0 Å². The molecule has 5 rings (SSSR count). The summed E-state index contributed by atoms with van der Waals surface area (Å²) in [6, 6.07) is 13.7. The molecule has 0 N–H and O–H groups in total. The molecule has 0 atom stereocenters. The highest BCUT2D eigenvalue weighted by molar-refractivity contribution is 5.81. The van der Waals surface area contributed by atoms with Crippen LogP contribution in [-0.2, 0) is 11.3 Å². The molecule has 0 unspecified atom stereocenters. The number of fused-ring (bicyclic) bond motifs is 1. The Morgan fingerprint density at radius 1 is 1.07 bits per heavy atom. The summed E-state index contributed by atoms with van der Waals surface area (Å²) in [6.07, 6.45) is 1.89. The zero-order valence-corrected chi connectivity index (χ0v) is 16.8. The normalized spacial score (nSPS) is 15.0. The van der Waals surface area contributed by atoms with Crippen molar-refractivity contribution in [1.82, 2.24) is 24.6 Å². The standard InChI is InChI=1S/C22H23N5O3/c1-28-20-5-3-2-4-17(20)22-24-21(25-30-22)16-6-7-19-18(14-16)23-15-27(19)9-8-26-10-12-29-13-11-26/h2-7,14-15H,8-13H2,1H3. The molecule has 0 radical (unpaired) electrons. The Kier molecular flexibility index (Phi) is 5.17. The number of hydrogen-bond acceptors (Lipinski definition) is 7. The molecule has 0 spiro atoms. The molecule has 0 bridgehead atoms. The number of aromatic nitrogens is 4. The van der Waals surface area contributed by atoms with Gasteiger partial charge in [0.05, 0.1) is 43.2 Å². The molecule has 0 amide bonds. The monoisotopic (exact) mass is 405 g/mol. The van der Waals surface area contributed by atoms with Crippen molar-refractivity contribution in [3.05, 3.63) is 48.8 Å². The van der Waals surface area contributed by atoms with Gasteiger partial charge in [0.2, 0.25) is 5.82 Å². The summed E-state index contributed by atoms with van der Waals surface area (Å²) < 4.78 is 18.5. The first kappa shape index (κ1) is 18.8. The number of methoxy groups -OCH3 is 1. The Labute approximate surface area is 174 Å². The molecule has 154 valence electrons. The van der Waals surface area contributed by atoms with Crippen molar-refractivity contribution in [2.45, 2.75) is 6.54 Å². The van der Waals surface area contributed by atoms with Gasteiger partial charge in [-0.05, 0) is 30.3 Å². The van der Waals surface area contributed by atoms with Crippen LogP contribution in [-0.4, -0.2) is 64.5 Å². The zero-order chi connectivity index (χ0) is 20.3. The van der Waals surface area contributed by atoms with Gasteiger partial charge in [-0.25, -0.2) is 4.98 Å². The number of benzene rings is 2. The van der Waals surface area contributed by atoms with Gasteiger partial charge in [-0.15, -0.1) is 0 Å². The van der Waals surface area contributed by atoms with E-state index in [9.17, 15) is 0 Å². The van der Waals surface area contributed by atoms with Crippen LogP contribution in [0.5, 0.6) is 5.75 Å². The van der Waals surface area contributed by atoms with Gasteiger partial charge in [-0.3, -0.25) is 4.90 Å². The van der Waals surface area contributed by atoms with Crippen molar-refractivity contribution < 1.29 is 14.0 Å². The zero-order valence-electron chi connectivity index (χ0n) is 16.8. The van der Waals surface area contributed by atoms with Crippen LogP contribution in [0.25, 0.3) is 33.9 Å². The summed E-state index contributed by atoms with van der Waals surface area (Å²) in [6.45, 7) is 5.50. The minimum atomic E-state index is 0.429. The van der Waals surface area contributed by atoms with E-state index in [1.54, 1.807) is 7.11 Å². The molecule has 1 aliphatic rings. The maximum atomic E-state index is 5.49. The van der Waals surface area contributed by atoms with E-state index in [0.29, 0.717) is 17.5 Å². The molecule has 1 aliphatic heterocycles. The van der Waals surface area contributed by atoms with Crippen LogP contribution in [0, 0.1) is 0 Å². The Hall–Kier alpha value is -3.23. The van der Waals surface area contributed by atoms with E-state index in [1.807, 2.05) is 42.7 Å².